The quantitative estimate of drug-likeness (QED) is 0.927. The first-order valence-electron chi connectivity index (χ1n) is 8.38. The van der Waals surface area contributed by atoms with Crippen LogP contribution in [0.25, 0.3) is 0 Å². The van der Waals surface area contributed by atoms with Gasteiger partial charge in [0.05, 0.1) is 6.61 Å². The van der Waals surface area contributed by atoms with Crippen LogP contribution in [0.3, 0.4) is 0 Å². The highest BCUT2D eigenvalue weighted by molar-refractivity contribution is 5.94. The first-order valence-corrected chi connectivity index (χ1v) is 8.38. The van der Waals surface area contributed by atoms with Crippen LogP contribution in [0, 0.1) is 12.8 Å². The van der Waals surface area contributed by atoms with Gasteiger partial charge in [-0.1, -0.05) is 17.7 Å². The van der Waals surface area contributed by atoms with Crippen LogP contribution in [0.15, 0.2) is 24.3 Å². The van der Waals surface area contributed by atoms with Crippen LogP contribution in [0.4, 0.5) is 0 Å². The summed E-state index contributed by atoms with van der Waals surface area (Å²) in [4.78, 5) is 14.8. The van der Waals surface area contributed by atoms with Crippen LogP contribution in [-0.4, -0.2) is 49.7 Å². The van der Waals surface area contributed by atoms with Crippen molar-refractivity contribution in [2.75, 3.05) is 32.8 Å². The maximum Gasteiger partial charge on any atom is 0.251 e. The van der Waals surface area contributed by atoms with E-state index >= 15 is 0 Å². The van der Waals surface area contributed by atoms with Crippen LogP contribution < -0.4 is 5.32 Å². The molecule has 1 aromatic rings. The molecule has 3 rings (SSSR count). The van der Waals surface area contributed by atoms with Gasteiger partial charge in [-0.05, 0) is 44.2 Å². The van der Waals surface area contributed by atoms with E-state index in [1.807, 2.05) is 31.2 Å². The Labute approximate surface area is 132 Å². The molecule has 0 bridgehead atoms. The lowest BCUT2D eigenvalue weighted by molar-refractivity contribution is 0.0903. The number of nitrogens with one attached hydrogen (secondary N) is 1. The average molecular weight is 302 g/mol. The normalized spacial score (nSPS) is 23.6. The molecule has 2 heterocycles. The van der Waals surface area contributed by atoms with Crippen LogP contribution in [0.5, 0.6) is 0 Å². The third-order valence-corrected chi connectivity index (χ3v) is 4.74. The molecule has 2 aliphatic heterocycles. The fourth-order valence-electron chi connectivity index (χ4n) is 3.41. The Morgan fingerprint density at radius 3 is 2.82 bits per heavy atom. The summed E-state index contributed by atoms with van der Waals surface area (Å²) >= 11 is 0. The number of hydrogen-bond acceptors (Lipinski definition) is 3. The van der Waals surface area contributed by atoms with E-state index in [4.69, 9.17) is 4.74 Å². The summed E-state index contributed by atoms with van der Waals surface area (Å²) in [5, 5.41) is 3.19. The van der Waals surface area contributed by atoms with Crippen LogP contribution in [-0.2, 0) is 4.74 Å². The number of likely N-dealkylation sites (tertiary alicyclic amines) is 1. The lowest BCUT2D eigenvalue weighted by atomic mass is 10.0. The molecule has 0 spiro atoms. The van der Waals surface area contributed by atoms with Crippen molar-refractivity contribution in [2.45, 2.75) is 32.2 Å². The minimum atomic E-state index is 0.0614. The molecule has 1 amide bonds. The van der Waals surface area contributed by atoms with Gasteiger partial charge in [-0.2, -0.15) is 0 Å². The predicted molar refractivity (Wildman–Crippen MR) is 87.0 cm³/mol. The molecule has 120 valence electrons. The van der Waals surface area contributed by atoms with Gasteiger partial charge in [0.2, 0.25) is 0 Å². The fraction of sp³-hybridized carbons (Fsp3) is 0.611. The first-order chi connectivity index (χ1) is 10.7. The minimum absolute atomic E-state index is 0.0614. The molecule has 0 unspecified atom stereocenters. The molecule has 4 heteroatoms. The van der Waals surface area contributed by atoms with Crippen LogP contribution >= 0.6 is 0 Å². The number of rotatable bonds is 4. The maximum atomic E-state index is 12.3. The first kappa shape index (κ1) is 15.5. The molecule has 4 nitrogen and oxygen atoms in total. The summed E-state index contributed by atoms with van der Waals surface area (Å²) < 4.78 is 5.45. The van der Waals surface area contributed by atoms with Crippen molar-refractivity contribution in [3.8, 4) is 0 Å². The predicted octanol–water partition coefficient (Wildman–Crippen LogP) is 2.23. The lowest BCUT2D eigenvalue weighted by Gasteiger charge is -2.33. The van der Waals surface area contributed by atoms with Gasteiger partial charge >= 0.3 is 0 Å². The van der Waals surface area contributed by atoms with Crippen molar-refractivity contribution < 1.29 is 9.53 Å². The number of amides is 1. The number of carbonyl (C=O) groups excluding carboxylic acids is 1. The van der Waals surface area contributed by atoms with E-state index in [-0.39, 0.29) is 5.91 Å². The highest BCUT2D eigenvalue weighted by Gasteiger charge is 2.24. The molecule has 0 aromatic heterocycles. The van der Waals surface area contributed by atoms with Crippen molar-refractivity contribution in [2.24, 2.45) is 5.92 Å². The second kappa shape index (κ2) is 7.25. The summed E-state index contributed by atoms with van der Waals surface area (Å²) in [7, 11) is 0. The standard InChI is InChI=1S/C18H26N2O2/c1-14-3-2-4-16(11-14)18(21)19-17-5-8-20(9-6-17)12-15-7-10-22-13-15/h2-4,11,15,17H,5-10,12-13H2,1H3,(H,19,21)/t15-/m1/s1. The Kier molecular flexibility index (Phi) is 5.11. The summed E-state index contributed by atoms with van der Waals surface area (Å²) in [6.07, 6.45) is 3.29. The van der Waals surface area contributed by atoms with Crippen LogP contribution in [0.2, 0.25) is 0 Å². The Hall–Kier alpha value is -1.39. The van der Waals surface area contributed by atoms with Crippen LogP contribution in [0.1, 0.15) is 35.2 Å². The molecule has 1 aromatic carbocycles. The topological polar surface area (TPSA) is 41.6 Å². The number of carbonyl (C=O) groups is 1. The Morgan fingerprint density at radius 1 is 1.32 bits per heavy atom. The van der Waals surface area contributed by atoms with Gasteiger partial charge < -0.3 is 15.0 Å². The third-order valence-electron chi connectivity index (χ3n) is 4.74. The summed E-state index contributed by atoms with van der Waals surface area (Å²) in [5.74, 6) is 0.768. The zero-order valence-corrected chi connectivity index (χ0v) is 13.4. The molecular formula is C18H26N2O2. The molecule has 0 radical (unpaired) electrons. The highest BCUT2D eigenvalue weighted by atomic mass is 16.5. The van der Waals surface area contributed by atoms with E-state index in [2.05, 4.69) is 10.2 Å². The summed E-state index contributed by atoms with van der Waals surface area (Å²) in [6.45, 7) is 7.17. The van der Waals surface area contributed by atoms with E-state index in [0.717, 1.165) is 56.8 Å². The lowest BCUT2D eigenvalue weighted by Crippen LogP contribution is -2.45. The summed E-state index contributed by atoms with van der Waals surface area (Å²) in [6, 6.07) is 8.10. The highest BCUT2D eigenvalue weighted by Crippen LogP contribution is 2.18. The number of piperidine rings is 1. The molecule has 1 atom stereocenters. The number of hydrogen-bond donors (Lipinski definition) is 1. The Morgan fingerprint density at radius 2 is 2.14 bits per heavy atom. The van der Waals surface area contributed by atoms with Gasteiger partial charge in [-0.25, -0.2) is 0 Å². The maximum absolute atomic E-state index is 12.3. The van der Waals surface area contributed by atoms with Crippen molar-refractivity contribution in [3.05, 3.63) is 35.4 Å². The Balaban J connectivity index is 1.44. The molecule has 2 aliphatic rings. The molecule has 2 fully saturated rings. The molecular weight excluding hydrogens is 276 g/mol. The van der Waals surface area contributed by atoms with Gasteiger partial charge in [0.15, 0.2) is 0 Å². The number of nitrogens with zero attached hydrogens (tertiary/aromatic N) is 1. The second-order valence-electron chi connectivity index (χ2n) is 6.65. The third kappa shape index (κ3) is 4.08. The van der Waals surface area contributed by atoms with Gasteiger partial charge in [-0.15, -0.1) is 0 Å². The second-order valence-corrected chi connectivity index (χ2v) is 6.65. The number of ether oxygens (including phenoxy) is 1. The number of aryl methyl sites for hydroxylation is 1. The van der Waals surface area contributed by atoms with Crippen molar-refractivity contribution >= 4 is 5.91 Å². The smallest absolute Gasteiger partial charge is 0.251 e. The summed E-state index contributed by atoms with van der Waals surface area (Å²) in [5.41, 5.74) is 1.90. The van der Waals surface area contributed by atoms with E-state index in [1.165, 1.54) is 6.42 Å². The van der Waals surface area contributed by atoms with Crippen molar-refractivity contribution in [1.82, 2.24) is 10.2 Å². The van der Waals surface area contributed by atoms with Gasteiger partial charge in [0.1, 0.15) is 0 Å². The van der Waals surface area contributed by atoms with E-state index < -0.39 is 0 Å². The average Bonchev–Trinajstić information content (AvgIpc) is 3.02. The van der Waals surface area contributed by atoms with E-state index in [1.54, 1.807) is 0 Å². The zero-order valence-electron chi connectivity index (χ0n) is 13.4. The molecule has 0 aliphatic carbocycles. The zero-order chi connectivity index (χ0) is 15.4. The number of benzene rings is 1. The SMILES string of the molecule is Cc1cccc(C(=O)NC2CCN(C[C@H]3CCOC3)CC2)c1. The monoisotopic (exact) mass is 302 g/mol. The Bertz CT molecular complexity index is 504. The van der Waals surface area contributed by atoms with Crippen molar-refractivity contribution in [1.29, 1.82) is 0 Å². The molecule has 2 saturated heterocycles. The molecule has 22 heavy (non-hydrogen) atoms. The molecule has 0 saturated carbocycles. The van der Waals surface area contributed by atoms with Gasteiger partial charge in [-0.3, -0.25) is 4.79 Å². The fourth-order valence-corrected chi connectivity index (χ4v) is 3.41. The van der Waals surface area contributed by atoms with Gasteiger partial charge in [0.25, 0.3) is 5.91 Å². The van der Waals surface area contributed by atoms with E-state index in [9.17, 15) is 4.79 Å². The van der Waals surface area contributed by atoms with Gasteiger partial charge in [0, 0.05) is 37.8 Å². The van der Waals surface area contributed by atoms with Crippen molar-refractivity contribution in [3.63, 3.8) is 0 Å². The molecule has 1 N–H and O–H groups in total. The largest absolute Gasteiger partial charge is 0.381 e. The van der Waals surface area contributed by atoms with E-state index in [0.29, 0.717) is 12.0 Å². The minimum Gasteiger partial charge on any atom is -0.381 e.